The molecular formula is C16H18N2O. The van der Waals surface area contributed by atoms with Crippen molar-refractivity contribution in [2.75, 3.05) is 0 Å². The largest absolute Gasteiger partial charge is 0.454 e. The third-order valence-corrected chi connectivity index (χ3v) is 3.47. The highest BCUT2D eigenvalue weighted by Gasteiger charge is 2.20. The molecule has 0 unspecified atom stereocenters. The van der Waals surface area contributed by atoms with Gasteiger partial charge in [-0.2, -0.15) is 0 Å². The molecule has 98 valence electrons. The number of rotatable bonds is 0. The summed E-state index contributed by atoms with van der Waals surface area (Å²) in [5.74, 6) is 1.71. The topological polar surface area (TPSA) is 35.0 Å². The number of fused-ring (bicyclic) bond motifs is 2. The number of ether oxygens (including phenoxy) is 1. The molecule has 3 heteroatoms. The van der Waals surface area contributed by atoms with Gasteiger partial charge in [-0.15, -0.1) is 0 Å². The van der Waals surface area contributed by atoms with E-state index in [1.807, 2.05) is 18.5 Å². The fourth-order valence-electron chi connectivity index (χ4n) is 2.28. The fourth-order valence-corrected chi connectivity index (χ4v) is 2.28. The van der Waals surface area contributed by atoms with Crippen LogP contribution in [-0.2, 0) is 18.3 Å². The van der Waals surface area contributed by atoms with Crippen LogP contribution in [0.25, 0.3) is 0 Å². The molecule has 1 aliphatic rings. The van der Waals surface area contributed by atoms with Crippen molar-refractivity contribution in [3.05, 3.63) is 47.5 Å². The molecule has 0 atom stereocenters. The molecule has 0 fully saturated rings. The molecule has 0 spiro atoms. The number of aryl methyl sites for hydroxylation is 2. The minimum absolute atomic E-state index is 0.0652. The summed E-state index contributed by atoms with van der Waals surface area (Å²) in [6, 6.07) is 4.20. The maximum Gasteiger partial charge on any atom is 0.149 e. The summed E-state index contributed by atoms with van der Waals surface area (Å²) in [6.45, 7) is 6.54. The van der Waals surface area contributed by atoms with Crippen LogP contribution in [0.1, 0.15) is 37.6 Å². The first-order valence-corrected chi connectivity index (χ1v) is 6.64. The first kappa shape index (κ1) is 12.2. The van der Waals surface area contributed by atoms with Gasteiger partial charge >= 0.3 is 0 Å². The normalized spacial score (nSPS) is 14.1. The molecule has 0 aliphatic carbocycles. The highest BCUT2D eigenvalue weighted by atomic mass is 16.5. The van der Waals surface area contributed by atoms with Crippen LogP contribution >= 0.6 is 0 Å². The SMILES string of the molecule is CC(C)(C)c1cc2c(cn1)Oc1cnccc1CC2. The maximum atomic E-state index is 5.95. The quantitative estimate of drug-likeness (QED) is 0.719. The Balaban J connectivity index is 2.02. The predicted molar refractivity (Wildman–Crippen MR) is 74.7 cm³/mol. The first-order chi connectivity index (χ1) is 9.04. The van der Waals surface area contributed by atoms with Gasteiger partial charge in [0.05, 0.1) is 12.4 Å². The predicted octanol–water partition coefficient (Wildman–Crippen LogP) is 3.67. The molecule has 3 rings (SSSR count). The van der Waals surface area contributed by atoms with E-state index in [1.165, 1.54) is 11.1 Å². The number of pyridine rings is 2. The molecule has 0 saturated heterocycles. The van der Waals surface area contributed by atoms with Gasteiger partial charge in [-0.25, -0.2) is 0 Å². The van der Waals surface area contributed by atoms with Gasteiger partial charge in [-0.05, 0) is 36.1 Å². The molecular weight excluding hydrogens is 236 g/mol. The second-order valence-corrected chi connectivity index (χ2v) is 6.01. The average molecular weight is 254 g/mol. The van der Waals surface area contributed by atoms with Crippen LogP contribution in [0, 0.1) is 0 Å². The van der Waals surface area contributed by atoms with Gasteiger partial charge in [0.25, 0.3) is 0 Å². The van der Waals surface area contributed by atoms with E-state index in [4.69, 9.17) is 4.74 Å². The van der Waals surface area contributed by atoms with Crippen molar-refractivity contribution in [1.82, 2.24) is 9.97 Å². The Kier molecular flexibility index (Phi) is 2.77. The summed E-state index contributed by atoms with van der Waals surface area (Å²) in [5, 5.41) is 0. The monoisotopic (exact) mass is 254 g/mol. The van der Waals surface area contributed by atoms with Crippen LogP contribution in [0.15, 0.2) is 30.7 Å². The molecule has 0 saturated carbocycles. The highest BCUT2D eigenvalue weighted by Crippen LogP contribution is 2.34. The summed E-state index contributed by atoms with van der Waals surface area (Å²) in [5.41, 5.74) is 3.62. The lowest BCUT2D eigenvalue weighted by Gasteiger charge is -2.19. The fraction of sp³-hybridized carbons (Fsp3) is 0.375. The van der Waals surface area contributed by atoms with Gasteiger partial charge in [0, 0.05) is 17.3 Å². The first-order valence-electron chi connectivity index (χ1n) is 6.64. The lowest BCUT2D eigenvalue weighted by Crippen LogP contribution is -2.14. The third-order valence-electron chi connectivity index (χ3n) is 3.47. The van der Waals surface area contributed by atoms with Crippen molar-refractivity contribution in [3.8, 4) is 11.5 Å². The lowest BCUT2D eigenvalue weighted by molar-refractivity contribution is 0.471. The van der Waals surface area contributed by atoms with Crippen molar-refractivity contribution >= 4 is 0 Å². The Morgan fingerprint density at radius 3 is 2.58 bits per heavy atom. The molecule has 3 nitrogen and oxygen atoms in total. The van der Waals surface area contributed by atoms with Crippen LogP contribution in [0.3, 0.4) is 0 Å². The van der Waals surface area contributed by atoms with Crippen LogP contribution in [-0.4, -0.2) is 9.97 Å². The lowest BCUT2D eigenvalue weighted by atomic mass is 9.90. The number of nitrogens with zero attached hydrogens (tertiary/aromatic N) is 2. The van der Waals surface area contributed by atoms with Crippen molar-refractivity contribution in [3.63, 3.8) is 0 Å². The number of aromatic nitrogens is 2. The number of hydrogen-bond donors (Lipinski definition) is 0. The van der Waals surface area contributed by atoms with Gasteiger partial charge in [0.15, 0.2) is 0 Å². The molecule has 0 aromatic carbocycles. The van der Waals surface area contributed by atoms with Gasteiger partial charge < -0.3 is 4.74 Å². The molecule has 1 aliphatic heterocycles. The van der Waals surface area contributed by atoms with Gasteiger partial charge in [-0.1, -0.05) is 20.8 Å². The van der Waals surface area contributed by atoms with E-state index in [0.29, 0.717) is 0 Å². The molecule has 0 bridgehead atoms. The Morgan fingerprint density at radius 1 is 1.05 bits per heavy atom. The molecule has 0 radical (unpaired) electrons. The van der Waals surface area contributed by atoms with E-state index >= 15 is 0 Å². The van der Waals surface area contributed by atoms with Crippen molar-refractivity contribution in [1.29, 1.82) is 0 Å². The smallest absolute Gasteiger partial charge is 0.149 e. The third kappa shape index (κ3) is 2.33. The van der Waals surface area contributed by atoms with Gasteiger partial charge in [0.2, 0.25) is 0 Å². The molecule has 0 amide bonds. The zero-order valence-corrected chi connectivity index (χ0v) is 11.6. The minimum atomic E-state index is 0.0652. The summed E-state index contributed by atoms with van der Waals surface area (Å²) in [7, 11) is 0. The average Bonchev–Trinajstić information content (AvgIpc) is 2.55. The minimum Gasteiger partial charge on any atom is -0.454 e. The van der Waals surface area contributed by atoms with E-state index in [-0.39, 0.29) is 5.41 Å². The van der Waals surface area contributed by atoms with E-state index in [0.717, 1.165) is 30.0 Å². The molecule has 0 N–H and O–H groups in total. The highest BCUT2D eigenvalue weighted by molar-refractivity contribution is 5.43. The van der Waals surface area contributed by atoms with Crippen LogP contribution in [0.5, 0.6) is 11.5 Å². The van der Waals surface area contributed by atoms with Crippen molar-refractivity contribution in [2.24, 2.45) is 0 Å². The maximum absolute atomic E-state index is 5.95. The van der Waals surface area contributed by atoms with Crippen molar-refractivity contribution in [2.45, 2.75) is 39.0 Å². The summed E-state index contributed by atoms with van der Waals surface area (Å²) in [6.07, 6.45) is 7.41. The van der Waals surface area contributed by atoms with Crippen LogP contribution < -0.4 is 4.74 Å². The zero-order valence-electron chi connectivity index (χ0n) is 11.6. The zero-order chi connectivity index (χ0) is 13.5. The van der Waals surface area contributed by atoms with E-state index in [1.54, 1.807) is 6.20 Å². The summed E-state index contributed by atoms with van der Waals surface area (Å²) >= 11 is 0. The van der Waals surface area contributed by atoms with Crippen LogP contribution in [0.2, 0.25) is 0 Å². The van der Waals surface area contributed by atoms with E-state index in [2.05, 4.69) is 36.8 Å². The molecule has 2 aromatic heterocycles. The van der Waals surface area contributed by atoms with Crippen LogP contribution in [0.4, 0.5) is 0 Å². The molecule has 3 heterocycles. The summed E-state index contributed by atoms with van der Waals surface area (Å²) < 4.78 is 5.95. The Hall–Kier alpha value is -1.90. The van der Waals surface area contributed by atoms with Gasteiger partial charge in [-0.3, -0.25) is 9.97 Å². The Bertz CT molecular complexity index is 614. The van der Waals surface area contributed by atoms with Crippen molar-refractivity contribution < 1.29 is 4.74 Å². The summed E-state index contributed by atoms with van der Waals surface area (Å²) in [4.78, 5) is 8.66. The standard InChI is InChI=1S/C16H18N2O/c1-16(2,3)15-8-12-5-4-11-6-7-17-9-13(11)19-14(12)10-18-15/h6-10H,4-5H2,1-3H3. The Labute approximate surface area is 113 Å². The second kappa shape index (κ2) is 4.34. The molecule has 19 heavy (non-hydrogen) atoms. The van der Waals surface area contributed by atoms with E-state index < -0.39 is 0 Å². The molecule has 2 aromatic rings. The van der Waals surface area contributed by atoms with Gasteiger partial charge in [0.1, 0.15) is 11.5 Å². The Morgan fingerprint density at radius 2 is 1.79 bits per heavy atom. The second-order valence-electron chi connectivity index (χ2n) is 6.01. The van der Waals surface area contributed by atoms with E-state index in [9.17, 15) is 0 Å². The number of hydrogen-bond acceptors (Lipinski definition) is 3.